The van der Waals surface area contributed by atoms with Crippen LogP contribution in [0.3, 0.4) is 0 Å². The number of methoxy groups -OCH3 is 1. The summed E-state index contributed by atoms with van der Waals surface area (Å²) in [7, 11) is 1.72. The number of nitrogens with one attached hydrogen (secondary N) is 2. The van der Waals surface area contributed by atoms with Crippen LogP contribution < -0.4 is 10.6 Å². The first-order valence-electron chi connectivity index (χ1n) is 7.82. The summed E-state index contributed by atoms with van der Waals surface area (Å²) >= 11 is 0. The Hall–Kier alpha value is -1.34. The summed E-state index contributed by atoms with van der Waals surface area (Å²) in [6, 6.07) is 14.9. The Morgan fingerprint density at radius 3 is 2.61 bits per heavy atom. The lowest BCUT2D eigenvalue weighted by molar-refractivity contribution is 0.195. The Kier molecular flexibility index (Phi) is 9.63. The first kappa shape index (κ1) is 19.7. The molecule has 2 aromatic rings. The fraction of sp³-hybridized carbons (Fsp3) is 0.389. The van der Waals surface area contributed by atoms with Crippen molar-refractivity contribution in [2.45, 2.75) is 19.9 Å². The van der Waals surface area contributed by atoms with E-state index in [0.717, 1.165) is 32.1 Å². The van der Waals surface area contributed by atoms with Gasteiger partial charge in [-0.05, 0) is 35.7 Å². The van der Waals surface area contributed by atoms with Crippen molar-refractivity contribution < 1.29 is 4.74 Å². The number of benzene rings is 2. The zero-order valence-corrected chi connectivity index (χ0v) is 16.2. The van der Waals surface area contributed by atoms with Crippen molar-refractivity contribution in [3.63, 3.8) is 0 Å². The number of fused-ring (bicyclic) bond motifs is 1. The Morgan fingerprint density at radius 1 is 1.09 bits per heavy atom. The lowest BCUT2D eigenvalue weighted by atomic mass is 10.1. The first-order chi connectivity index (χ1) is 10.8. The van der Waals surface area contributed by atoms with E-state index in [4.69, 9.17) is 4.74 Å². The van der Waals surface area contributed by atoms with E-state index in [0.29, 0.717) is 6.54 Å². The third-order valence-corrected chi connectivity index (χ3v) is 3.40. The van der Waals surface area contributed by atoms with Crippen LogP contribution in [-0.4, -0.2) is 32.8 Å². The minimum Gasteiger partial charge on any atom is -0.385 e. The van der Waals surface area contributed by atoms with Gasteiger partial charge in [0.05, 0.1) is 6.54 Å². The molecule has 0 radical (unpaired) electrons. The van der Waals surface area contributed by atoms with E-state index in [1.807, 2.05) is 0 Å². The quantitative estimate of drug-likeness (QED) is 0.308. The van der Waals surface area contributed by atoms with Crippen LogP contribution in [0, 0.1) is 0 Å². The Morgan fingerprint density at radius 2 is 1.87 bits per heavy atom. The highest BCUT2D eigenvalue weighted by molar-refractivity contribution is 14.0. The van der Waals surface area contributed by atoms with Gasteiger partial charge in [0.15, 0.2) is 5.96 Å². The Labute approximate surface area is 155 Å². The molecule has 0 unspecified atom stereocenters. The minimum absolute atomic E-state index is 0. The maximum absolute atomic E-state index is 5.05. The number of rotatable bonds is 7. The van der Waals surface area contributed by atoms with Gasteiger partial charge in [-0.1, -0.05) is 36.4 Å². The monoisotopic (exact) mass is 427 g/mol. The van der Waals surface area contributed by atoms with E-state index in [9.17, 15) is 0 Å². The molecule has 2 aromatic carbocycles. The summed E-state index contributed by atoms with van der Waals surface area (Å²) in [4.78, 5) is 4.64. The first-order valence-corrected chi connectivity index (χ1v) is 7.82. The van der Waals surface area contributed by atoms with Crippen LogP contribution >= 0.6 is 24.0 Å². The summed E-state index contributed by atoms with van der Waals surface area (Å²) in [5.41, 5.74) is 1.22. The molecule has 2 N–H and O–H groups in total. The van der Waals surface area contributed by atoms with Crippen molar-refractivity contribution in [1.29, 1.82) is 0 Å². The van der Waals surface area contributed by atoms with Crippen molar-refractivity contribution in [3.8, 4) is 0 Å². The predicted molar refractivity (Wildman–Crippen MR) is 109 cm³/mol. The molecule has 126 valence electrons. The minimum atomic E-state index is 0. The summed E-state index contributed by atoms with van der Waals surface area (Å²) in [6.07, 6.45) is 0.969. The highest BCUT2D eigenvalue weighted by atomic mass is 127. The second kappa shape index (κ2) is 11.2. The molecule has 0 saturated heterocycles. The van der Waals surface area contributed by atoms with Gasteiger partial charge < -0.3 is 15.4 Å². The molecule has 0 heterocycles. The molecule has 0 aromatic heterocycles. The molecule has 5 heteroatoms. The van der Waals surface area contributed by atoms with Gasteiger partial charge in [0.25, 0.3) is 0 Å². The lowest BCUT2D eigenvalue weighted by Crippen LogP contribution is -2.38. The fourth-order valence-corrected chi connectivity index (χ4v) is 2.27. The highest BCUT2D eigenvalue weighted by Crippen LogP contribution is 2.16. The summed E-state index contributed by atoms with van der Waals surface area (Å²) in [6.45, 7) is 5.22. The van der Waals surface area contributed by atoms with Crippen LogP contribution in [0.25, 0.3) is 10.8 Å². The zero-order valence-electron chi connectivity index (χ0n) is 13.8. The number of halogens is 1. The van der Waals surface area contributed by atoms with Crippen LogP contribution in [0.5, 0.6) is 0 Å². The fourth-order valence-electron chi connectivity index (χ4n) is 2.27. The van der Waals surface area contributed by atoms with Crippen LogP contribution in [0.15, 0.2) is 47.5 Å². The molecule has 0 aliphatic carbocycles. The van der Waals surface area contributed by atoms with Crippen molar-refractivity contribution in [3.05, 3.63) is 48.0 Å². The van der Waals surface area contributed by atoms with Crippen LogP contribution in [0.1, 0.15) is 18.9 Å². The van der Waals surface area contributed by atoms with Gasteiger partial charge in [0.2, 0.25) is 0 Å². The van der Waals surface area contributed by atoms with Crippen LogP contribution in [0.2, 0.25) is 0 Å². The van der Waals surface area contributed by atoms with Crippen molar-refractivity contribution >= 4 is 40.7 Å². The zero-order chi connectivity index (χ0) is 15.6. The average Bonchev–Trinajstić information content (AvgIpc) is 2.56. The van der Waals surface area contributed by atoms with E-state index in [-0.39, 0.29) is 24.0 Å². The van der Waals surface area contributed by atoms with Crippen LogP contribution in [0.4, 0.5) is 0 Å². The third kappa shape index (κ3) is 6.74. The molecule has 2 rings (SSSR count). The molecule has 23 heavy (non-hydrogen) atoms. The number of aliphatic imine (C=N–C) groups is 1. The lowest BCUT2D eigenvalue weighted by Gasteiger charge is -2.11. The molecule has 0 atom stereocenters. The van der Waals surface area contributed by atoms with E-state index in [1.165, 1.54) is 16.3 Å². The maximum atomic E-state index is 5.05. The smallest absolute Gasteiger partial charge is 0.191 e. The van der Waals surface area contributed by atoms with E-state index >= 15 is 0 Å². The molecule has 0 aliphatic rings. The number of hydrogen-bond acceptors (Lipinski definition) is 2. The molecule has 0 aliphatic heterocycles. The molecule has 0 bridgehead atoms. The highest BCUT2D eigenvalue weighted by Gasteiger charge is 1.99. The second-order valence-electron chi connectivity index (χ2n) is 5.15. The van der Waals surface area contributed by atoms with E-state index in [2.05, 4.69) is 65.0 Å². The van der Waals surface area contributed by atoms with Gasteiger partial charge in [-0.2, -0.15) is 0 Å². The summed E-state index contributed by atoms with van der Waals surface area (Å²) in [5, 5.41) is 9.11. The molecular formula is C18H26IN3O. The normalized spacial score (nSPS) is 11.1. The number of guanidine groups is 1. The Bertz CT molecular complexity index is 616. The summed E-state index contributed by atoms with van der Waals surface area (Å²) in [5.74, 6) is 0.853. The second-order valence-corrected chi connectivity index (χ2v) is 5.15. The van der Waals surface area contributed by atoms with Crippen molar-refractivity contribution in [2.75, 3.05) is 26.8 Å². The molecule has 0 fully saturated rings. The topological polar surface area (TPSA) is 45.7 Å². The summed E-state index contributed by atoms with van der Waals surface area (Å²) < 4.78 is 5.05. The SMILES string of the molecule is CCNC(=NCc1ccc2ccccc2c1)NCCCOC.I. The van der Waals surface area contributed by atoms with Crippen molar-refractivity contribution in [1.82, 2.24) is 10.6 Å². The largest absolute Gasteiger partial charge is 0.385 e. The van der Waals surface area contributed by atoms with Gasteiger partial charge in [0, 0.05) is 26.8 Å². The van der Waals surface area contributed by atoms with Gasteiger partial charge in [0.1, 0.15) is 0 Å². The van der Waals surface area contributed by atoms with E-state index in [1.54, 1.807) is 7.11 Å². The van der Waals surface area contributed by atoms with Gasteiger partial charge >= 0.3 is 0 Å². The van der Waals surface area contributed by atoms with Gasteiger partial charge in [-0.3, -0.25) is 0 Å². The molecule has 4 nitrogen and oxygen atoms in total. The molecule has 0 saturated carbocycles. The molecule has 0 spiro atoms. The van der Waals surface area contributed by atoms with E-state index < -0.39 is 0 Å². The Balaban J connectivity index is 0.00000264. The predicted octanol–water partition coefficient (Wildman–Crippen LogP) is 3.55. The number of hydrogen-bond donors (Lipinski definition) is 2. The standard InChI is InChI=1S/C18H25N3O.HI/c1-3-19-18(20-11-6-12-22-2)21-14-15-9-10-16-7-4-5-8-17(16)13-15;/h4-5,7-10,13H,3,6,11-12,14H2,1-2H3,(H2,19,20,21);1H. The average molecular weight is 427 g/mol. The van der Waals surface area contributed by atoms with Crippen molar-refractivity contribution in [2.24, 2.45) is 4.99 Å². The maximum Gasteiger partial charge on any atom is 0.191 e. The molecule has 0 amide bonds. The third-order valence-electron chi connectivity index (χ3n) is 3.40. The van der Waals surface area contributed by atoms with Gasteiger partial charge in [-0.15, -0.1) is 24.0 Å². The number of ether oxygens (including phenoxy) is 1. The molecular weight excluding hydrogens is 401 g/mol. The van der Waals surface area contributed by atoms with Crippen LogP contribution in [-0.2, 0) is 11.3 Å². The number of nitrogens with zero attached hydrogens (tertiary/aromatic N) is 1. The van der Waals surface area contributed by atoms with Gasteiger partial charge in [-0.25, -0.2) is 4.99 Å².